The predicted octanol–water partition coefficient (Wildman–Crippen LogP) is 0.768. The summed E-state index contributed by atoms with van der Waals surface area (Å²) in [7, 11) is 0. The Morgan fingerprint density at radius 3 is 3.11 bits per heavy atom. The highest BCUT2D eigenvalue weighted by Gasteiger charge is 2.38. The van der Waals surface area contributed by atoms with Crippen LogP contribution in [0.3, 0.4) is 0 Å². The van der Waals surface area contributed by atoms with Crippen molar-refractivity contribution in [3.63, 3.8) is 0 Å². The van der Waals surface area contributed by atoms with Gasteiger partial charge in [0.1, 0.15) is 5.65 Å². The van der Waals surface area contributed by atoms with Crippen LogP contribution >= 0.6 is 0 Å². The zero-order valence-electron chi connectivity index (χ0n) is 10.6. The number of nitrogens with zero attached hydrogens (tertiary/aromatic N) is 3. The SMILES string of the molecule is O=C(N[C@H]1CN2CC[C@H]1C2)c1ccc2nccn2c1. The minimum Gasteiger partial charge on any atom is -0.348 e. The maximum atomic E-state index is 12.3. The van der Waals surface area contributed by atoms with Crippen molar-refractivity contribution in [1.29, 1.82) is 0 Å². The van der Waals surface area contributed by atoms with Crippen molar-refractivity contribution in [2.24, 2.45) is 5.92 Å². The third-order valence-corrected chi connectivity index (χ3v) is 4.30. The van der Waals surface area contributed by atoms with Gasteiger partial charge in [0.2, 0.25) is 0 Å². The summed E-state index contributed by atoms with van der Waals surface area (Å²) < 4.78 is 1.87. The zero-order chi connectivity index (χ0) is 12.8. The fourth-order valence-electron chi connectivity index (χ4n) is 3.25. The average molecular weight is 256 g/mol. The van der Waals surface area contributed by atoms with Gasteiger partial charge in [-0.15, -0.1) is 0 Å². The Balaban J connectivity index is 1.53. The van der Waals surface area contributed by atoms with E-state index in [1.807, 2.05) is 28.9 Å². The maximum absolute atomic E-state index is 12.3. The summed E-state index contributed by atoms with van der Waals surface area (Å²) in [6.45, 7) is 3.34. The Morgan fingerprint density at radius 1 is 1.37 bits per heavy atom. The van der Waals surface area contributed by atoms with Crippen LogP contribution in [0.15, 0.2) is 30.7 Å². The topological polar surface area (TPSA) is 49.6 Å². The summed E-state index contributed by atoms with van der Waals surface area (Å²) in [5.41, 5.74) is 1.56. The van der Waals surface area contributed by atoms with Gasteiger partial charge in [-0.25, -0.2) is 4.98 Å². The van der Waals surface area contributed by atoms with Gasteiger partial charge in [0.25, 0.3) is 5.91 Å². The number of carbonyl (C=O) groups excluding carboxylic acids is 1. The molecule has 5 heteroatoms. The lowest BCUT2D eigenvalue weighted by Crippen LogP contribution is -2.43. The van der Waals surface area contributed by atoms with Gasteiger partial charge in [0.05, 0.1) is 5.56 Å². The minimum atomic E-state index is 0.0225. The third kappa shape index (κ3) is 1.81. The second-order valence-corrected chi connectivity index (χ2v) is 5.50. The van der Waals surface area contributed by atoms with Crippen molar-refractivity contribution < 1.29 is 4.79 Å². The van der Waals surface area contributed by atoms with E-state index in [9.17, 15) is 4.79 Å². The number of piperidine rings is 1. The molecular formula is C14H16N4O. The molecule has 0 aliphatic carbocycles. The first kappa shape index (κ1) is 11.0. The zero-order valence-corrected chi connectivity index (χ0v) is 10.6. The molecule has 3 atom stereocenters. The molecule has 2 aromatic rings. The number of hydrogen-bond acceptors (Lipinski definition) is 3. The molecule has 2 bridgehead atoms. The van der Waals surface area contributed by atoms with E-state index in [0.29, 0.717) is 17.5 Å². The molecular weight excluding hydrogens is 240 g/mol. The lowest BCUT2D eigenvalue weighted by atomic mass is 10.00. The quantitative estimate of drug-likeness (QED) is 0.863. The van der Waals surface area contributed by atoms with Crippen LogP contribution in [-0.2, 0) is 0 Å². The fourth-order valence-corrected chi connectivity index (χ4v) is 3.25. The summed E-state index contributed by atoms with van der Waals surface area (Å²) in [6.07, 6.45) is 6.65. The number of carbonyl (C=O) groups is 1. The molecule has 0 aromatic carbocycles. The molecule has 2 aromatic heterocycles. The van der Waals surface area contributed by atoms with Crippen LogP contribution in [0, 0.1) is 5.92 Å². The van der Waals surface area contributed by atoms with E-state index < -0.39 is 0 Å². The second-order valence-electron chi connectivity index (χ2n) is 5.50. The predicted molar refractivity (Wildman–Crippen MR) is 71.0 cm³/mol. The van der Waals surface area contributed by atoms with Crippen LogP contribution in [0.4, 0.5) is 0 Å². The number of fused-ring (bicyclic) bond motifs is 3. The second kappa shape index (κ2) is 4.06. The van der Waals surface area contributed by atoms with Crippen LogP contribution in [-0.4, -0.2) is 45.9 Å². The van der Waals surface area contributed by atoms with Crippen LogP contribution in [0.5, 0.6) is 0 Å². The lowest BCUT2D eigenvalue weighted by molar-refractivity contribution is 0.0924. The molecule has 2 aliphatic rings. The lowest BCUT2D eigenvalue weighted by Gasteiger charge is -2.23. The number of hydrogen-bond donors (Lipinski definition) is 1. The minimum absolute atomic E-state index is 0.0225. The van der Waals surface area contributed by atoms with Gasteiger partial charge >= 0.3 is 0 Å². The molecule has 0 saturated carbocycles. The first-order valence-electron chi connectivity index (χ1n) is 6.75. The van der Waals surface area contributed by atoms with Gasteiger partial charge in [-0.2, -0.15) is 0 Å². The first-order chi connectivity index (χ1) is 9.29. The number of aromatic nitrogens is 2. The molecule has 1 amide bonds. The molecule has 2 aliphatic heterocycles. The van der Waals surface area contributed by atoms with Crippen molar-refractivity contribution in [3.8, 4) is 0 Å². The first-order valence-corrected chi connectivity index (χ1v) is 6.75. The molecule has 98 valence electrons. The molecule has 2 fully saturated rings. The fraction of sp³-hybridized carbons (Fsp3) is 0.429. The number of amides is 1. The number of pyridine rings is 1. The molecule has 4 heterocycles. The molecule has 5 nitrogen and oxygen atoms in total. The number of imidazole rings is 1. The van der Waals surface area contributed by atoms with Gasteiger partial charge in [0.15, 0.2) is 0 Å². The molecule has 2 saturated heterocycles. The normalized spacial score (nSPS) is 28.9. The Morgan fingerprint density at radius 2 is 2.32 bits per heavy atom. The van der Waals surface area contributed by atoms with Crippen molar-refractivity contribution in [1.82, 2.24) is 19.6 Å². The highest BCUT2D eigenvalue weighted by Crippen LogP contribution is 2.27. The molecule has 1 unspecified atom stereocenters. The van der Waals surface area contributed by atoms with E-state index in [1.54, 1.807) is 6.20 Å². The van der Waals surface area contributed by atoms with Gasteiger partial charge in [-0.1, -0.05) is 0 Å². The Labute approximate surface area is 111 Å². The van der Waals surface area contributed by atoms with Crippen LogP contribution in [0.25, 0.3) is 5.65 Å². The van der Waals surface area contributed by atoms with Gasteiger partial charge < -0.3 is 14.6 Å². The Hall–Kier alpha value is -1.88. The van der Waals surface area contributed by atoms with Crippen LogP contribution in [0.2, 0.25) is 0 Å². The summed E-state index contributed by atoms with van der Waals surface area (Å²) in [5, 5.41) is 3.17. The number of nitrogens with one attached hydrogen (secondary N) is 1. The monoisotopic (exact) mass is 256 g/mol. The van der Waals surface area contributed by atoms with E-state index >= 15 is 0 Å². The molecule has 0 spiro atoms. The van der Waals surface area contributed by atoms with Crippen molar-refractivity contribution in [2.75, 3.05) is 19.6 Å². The number of rotatable bonds is 2. The van der Waals surface area contributed by atoms with Gasteiger partial charge in [-0.3, -0.25) is 4.79 Å². The largest absolute Gasteiger partial charge is 0.348 e. The van der Waals surface area contributed by atoms with E-state index in [1.165, 1.54) is 13.0 Å². The molecule has 0 radical (unpaired) electrons. The van der Waals surface area contributed by atoms with E-state index in [2.05, 4.69) is 15.2 Å². The van der Waals surface area contributed by atoms with Crippen LogP contribution in [0.1, 0.15) is 16.8 Å². The molecule has 1 N–H and O–H groups in total. The van der Waals surface area contributed by atoms with Crippen molar-refractivity contribution in [3.05, 3.63) is 36.3 Å². The highest BCUT2D eigenvalue weighted by molar-refractivity contribution is 5.94. The molecule has 4 rings (SSSR count). The van der Waals surface area contributed by atoms with E-state index in [4.69, 9.17) is 0 Å². The Bertz CT molecular complexity index is 635. The van der Waals surface area contributed by atoms with Crippen LogP contribution < -0.4 is 5.32 Å². The summed E-state index contributed by atoms with van der Waals surface area (Å²) >= 11 is 0. The van der Waals surface area contributed by atoms with E-state index in [-0.39, 0.29) is 5.91 Å². The van der Waals surface area contributed by atoms with Gasteiger partial charge in [-0.05, 0) is 31.0 Å². The van der Waals surface area contributed by atoms with Gasteiger partial charge in [0, 0.05) is 37.7 Å². The summed E-state index contributed by atoms with van der Waals surface area (Å²) in [5.74, 6) is 0.662. The maximum Gasteiger partial charge on any atom is 0.253 e. The van der Waals surface area contributed by atoms with Crippen molar-refractivity contribution in [2.45, 2.75) is 12.5 Å². The van der Waals surface area contributed by atoms with E-state index in [0.717, 1.165) is 18.7 Å². The average Bonchev–Trinajstić information content (AvgIpc) is 3.13. The Kier molecular flexibility index (Phi) is 2.35. The molecule has 19 heavy (non-hydrogen) atoms. The summed E-state index contributed by atoms with van der Waals surface area (Å²) in [4.78, 5) is 18.9. The van der Waals surface area contributed by atoms with Crippen molar-refractivity contribution >= 4 is 11.6 Å². The standard InChI is InChI=1S/C14H16N4O/c19-14(16-12-9-17-5-3-10(12)7-17)11-1-2-13-15-4-6-18(13)8-11/h1-2,4,6,8,10,12H,3,5,7,9H2,(H,16,19)/t10-,12-/m0/s1. The smallest absolute Gasteiger partial charge is 0.253 e. The third-order valence-electron chi connectivity index (χ3n) is 4.30. The highest BCUT2D eigenvalue weighted by atomic mass is 16.1. The summed E-state index contributed by atoms with van der Waals surface area (Å²) in [6, 6.07) is 4.03.